The third-order valence-corrected chi connectivity index (χ3v) is 2.58. The molecule has 0 aromatic heterocycles. The van der Waals surface area contributed by atoms with Crippen molar-refractivity contribution in [1.29, 1.82) is 0 Å². The molecule has 0 aromatic carbocycles. The minimum absolute atomic E-state index is 0.0510. The minimum Gasteiger partial charge on any atom is -0.393 e. The Morgan fingerprint density at radius 1 is 1.31 bits per heavy atom. The Morgan fingerprint density at radius 2 is 2.00 bits per heavy atom. The van der Waals surface area contributed by atoms with E-state index in [1.807, 2.05) is 6.92 Å². The molecule has 13 heavy (non-hydrogen) atoms. The molecule has 0 unspecified atom stereocenters. The lowest BCUT2D eigenvalue weighted by Crippen LogP contribution is -2.36. The van der Waals surface area contributed by atoms with Crippen molar-refractivity contribution in [2.45, 2.75) is 44.8 Å². The molecule has 3 heteroatoms. The van der Waals surface area contributed by atoms with Crippen molar-refractivity contribution < 1.29 is 9.84 Å². The Bertz CT molecular complexity index is 122. The predicted octanol–water partition coefficient (Wildman–Crippen LogP) is 0.916. The van der Waals surface area contributed by atoms with Gasteiger partial charge in [0, 0.05) is 19.2 Å². The van der Waals surface area contributed by atoms with E-state index in [2.05, 4.69) is 5.32 Å². The van der Waals surface area contributed by atoms with Gasteiger partial charge in [-0.05, 0) is 32.6 Å². The molecule has 3 nitrogen and oxygen atoms in total. The van der Waals surface area contributed by atoms with E-state index >= 15 is 0 Å². The van der Waals surface area contributed by atoms with Crippen LogP contribution in [0, 0.1) is 0 Å². The average molecular weight is 187 g/mol. The number of ether oxygens (including phenoxy) is 1. The van der Waals surface area contributed by atoms with Gasteiger partial charge in [0.25, 0.3) is 0 Å². The Morgan fingerprint density at radius 3 is 2.62 bits per heavy atom. The summed E-state index contributed by atoms with van der Waals surface area (Å²) in [6, 6.07) is 0.601. The van der Waals surface area contributed by atoms with Crippen LogP contribution in [-0.2, 0) is 4.74 Å². The van der Waals surface area contributed by atoms with Crippen LogP contribution >= 0.6 is 0 Å². The quantitative estimate of drug-likeness (QED) is 0.629. The smallest absolute Gasteiger partial charge is 0.0590 e. The Balaban J connectivity index is 1.96. The third-order valence-electron chi connectivity index (χ3n) is 2.58. The van der Waals surface area contributed by atoms with E-state index in [1.165, 1.54) is 0 Å². The topological polar surface area (TPSA) is 41.5 Å². The van der Waals surface area contributed by atoms with Crippen LogP contribution in [0.1, 0.15) is 32.6 Å². The Kier molecular flexibility index (Phi) is 5.35. The first kappa shape index (κ1) is 11.0. The van der Waals surface area contributed by atoms with Crippen LogP contribution in [0.2, 0.25) is 0 Å². The van der Waals surface area contributed by atoms with Crippen LogP contribution in [-0.4, -0.2) is 37.0 Å². The van der Waals surface area contributed by atoms with Crippen LogP contribution in [0.25, 0.3) is 0 Å². The van der Waals surface area contributed by atoms with Crippen molar-refractivity contribution in [3.8, 4) is 0 Å². The zero-order valence-corrected chi connectivity index (χ0v) is 8.46. The number of nitrogens with one attached hydrogen (secondary N) is 1. The zero-order chi connectivity index (χ0) is 9.52. The summed E-state index contributed by atoms with van der Waals surface area (Å²) in [6.45, 7) is 4.55. The van der Waals surface area contributed by atoms with E-state index in [-0.39, 0.29) is 6.10 Å². The maximum Gasteiger partial charge on any atom is 0.0590 e. The normalized spacial score (nSPS) is 29.1. The molecule has 0 saturated heterocycles. The Hall–Kier alpha value is -0.120. The van der Waals surface area contributed by atoms with Crippen LogP contribution in [0.5, 0.6) is 0 Å². The minimum atomic E-state index is -0.0510. The molecule has 0 radical (unpaired) electrons. The highest BCUT2D eigenvalue weighted by Crippen LogP contribution is 2.17. The molecule has 1 aliphatic carbocycles. The lowest BCUT2D eigenvalue weighted by atomic mass is 9.93. The highest BCUT2D eigenvalue weighted by atomic mass is 16.5. The highest BCUT2D eigenvalue weighted by Gasteiger charge is 2.18. The second kappa shape index (κ2) is 6.35. The van der Waals surface area contributed by atoms with Gasteiger partial charge in [-0.25, -0.2) is 0 Å². The van der Waals surface area contributed by atoms with Crippen molar-refractivity contribution in [3.05, 3.63) is 0 Å². The van der Waals surface area contributed by atoms with Gasteiger partial charge < -0.3 is 15.2 Å². The van der Waals surface area contributed by atoms with Crippen molar-refractivity contribution in [3.63, 3.8) is 0 Å². The summed E-state index contributed by atoms with van der Waals surface area (Å²) in [4.78, 5) is 0. The second-order valence-electron chi connectivity index (χ2n) is 3.66. The van der Waals surface area contributed by atoms with Gasteiger partial charge >= 0.3 is 0 Å². The van der Waals surface area contributed by atoms with E-state index in [0.29, 0.717) is 6.04 Å². The summed E-state index contributed by atoms with van der Waals surface area (Å²) < 4.78 is 5.23. The van der Waals surface area contributed by atoms with E-state index in [4.69, 9.17) is 4.74 Å². The predicted molar refractivity (Wildman–Crippen MR) is 52.8 cm³/mol. The van der Waals surface area contributed by atoms with Gasteiger partial charge in [-0.2, -0.15) is 0 Å². The summed E-state index contributed by atoms with van der Waals surface area (Å²) in [6.07, 6.45) is 4.06. The number of rotatable bonds is 5. The van der Waals surface area contributed by atoms with Gasteiger partial charge in [0.15, 0.2) is 0 Å². The summed E-state index contributed by atoms with van der Waals surface area (Å²) in [5, 5.41) is 12.7. The molecule has 0 atom stereocenters. The lowest BCUT2D eigenvalue weighted by Gasteiger charge is -2.26. The van der Waals surface area contributed by atoms with E-state index in [0.717, 1.165) is 45.4 Å². The first-order valence-corrected chi connectivity index (χ1v) is 5.32. The lowest BCUT2D eigenvalue weighted by molar-refractivity contribution is 0.110. The highest BCUT2D eigenvalue weighted by molar-refractivity contribution is 4.76. The number of hydrogen-bond donors (Lipinski definition) is 2. The largest absolute Gasteiger partial charge is 0.393 e. The first-order chi connectivity index (χ1) is 6.33. The first-order valence-electron chi connectivity index (χ1n) is 5.32. The van der Waals surface area contributed by atoms with Gasteiger partial charge in [-0.15, -0.1) is 0 Å². The van der Waals surface area contributed by atoms with Crippen LogP contribution in [0.4, 0.5) is 0 Å². The standard InChI is InChI=1S/C10H21NO2/c1-2-13-8-7-11-9-3-5-10(12)6-4-9/h9-12H,2-8H2,1H3. The summed E-state index contributed by atoms with van der Waals surface area (Å²) in [5.74, 6) is 0. The van der Waals surface area contributed by atoms with Gasteiger partial charge in [0.1, 0.15) is 0 Å². The maximum absolute atomic E-state index is 9.28. The second-order valence-corrected chi connectivity index (χ2v) is 3.66. The molecule has 2 N–H and O–H groups in total. The SMILES string of the molecule is CCOCCNC1CCC(O)CC1. The zero-order valence-electron chi connectivity index (χ0n) is 8.46. The third kappa shape index (κ3) is 4.60. The molecule has 0 amide bonds. The average Bonchev–Trinajstić information content (AvgIpc) is 2.15. The molecule has 0 aliphatic heterocycles. The number of aliphatic hydroxyl groups excluding tert-OH is 1. The van der Waals surface area contributed by atoms with Crippen molar-refractivity contribution in [2.75, 3.05) is 19.8 Å². The summed E-state index contributed by atoms with van der Waals surface area (Å²) >= 11 is 0. The van der Waals surface area contributed by atoms with Gasteiger partial charge in [-0.3, -0.25) is 0 Å². The molecule has 1 rings (SSSR count). The Labute approximate surface area is 80.5 Å². The summed E-state index contributed by atoms with van der Waals surface area (Å²) in [7, 11) is 0. The van der Waals surface area contributed by atoms with E-state index in [1.54, 1.807) is 0 Å². The van der Waals surface area contributed by atoms with Crippen molar-refractivity contribution >= 4 is 0 Å². The number of aliphatic hydroxyl groups is 1. The monoisotopic (exact) mass is 187 g/mol. The van der Waals surface area contributed by atoms with Gasteiger partial charge in [0.2, 0.25) is 0 Å². The fraction of sp³-hybridized carbons (Fsp3) is 1.00. The molecule has 78 valence electrons. The van der Waals surface area contributed by atoms with Gasteiger partial charge in [-0.1, -0.05) is 0 Å². The molecule has 1 fully saturated rings. The molecule has 1 saturated carbocycles. The van der Waals surface area contributed by atoms with E-state index < -0.39 is 0 Å². The fourth-order valence-electron chi connectivity index (χ4n) is 1.76. The maximum atomic E-state index is 9.28. The molecule has 0 aromatic rings. The van der Waals surface area contributed by atoms with E-state index in [9.17, 15) is 5.11 Å². The molecule has 1 aliphatic rings. The molecule has 0 bridgehead atoms. The number of hydrogen-bond acceptors (Lipinski definition) is 3. The molecule has 0 heterocycles. The molecular formula is C10H21NO2. The van der Waals surface area contributed by atoms with Gasteiger partial charge in [0.05, 0.1) is 12.7 Å². The van der Waals surface area contributed by atoms with Crippen molar-refractivity contribution in [2.24, 2.45) is 0 Å². The van der Waals surface area contributed by atoms with Crippen LogP contribution in [0.3, 0.4) is 0 Å². The summed E-state index contributed by atoms with van der Waals surface area (Å²) in [5.41, 5.74) is 0. The fourth-order valence-corrected chi connectivity index (χ4v) is 1.76. The molecule has 0 spiro atoms. The van der Waals surface area contributed by atoms with Crippen LogP contribution in [0.15, 0.2) is 0 Å². The molecular weight excluding hydrogens is 166 g/mol. The van der Waals surface area contributed by atoms with Crippen LogP contribution < -0.4 is 5.32 Å². The van der Waals surface area contributed by atoms with Crippen molar-refractivity contribution in [1.82, 2.24) is 5.32 Å².